The Bertz CT molecular complexity index is 366. The number of nitrogens with zero attached hydrogens (tertiary/aromatic N) is 1. The molecule has 0 heterocycles. The van der Waals surface area contributed by atoms with Gasteiger partial charge in [0.15, 0.2) is 0 Å². The number of esters is 1. The minimum absolute atomic E-state index is 0.0640. The predicted molar refractivity (Wildman–Crippen MR) is 52.3 cm³/mol. The van der Waals surface area contributed by atoms with E-state index >= 15 is 0 Å². The first-order valence-corrected chi connectivity index (χ1v) is 4.75. The molecule has 1 aromatic rings. The van der Waals surface area contributed by atoms with Gasteiger partial charge in [-0.1, -0.05) is 6.07 Å². The van der Waals surface area contributed by atoms with Gasteiger partial charge in [-0.05, 0) is 22.0 Å². The van der Waals surface area contributed by atoms with Crippen molar-refractivity contribution >= 4 is 27.6 Å². The molecule has 5 nitrogen and oxygen atoms in total. The zero-order chi connectivity index (χ0) is 10.6. The van der Waals surface area contributed by atoms with Crippen molar-refractivity contribution in [1.29, 1.82) is 0 Å². The lowest BCUT2D eigenvalue weighted by Gasteiger charge is -1.99. The molecule has 0 aromatic heterocycles. The minimum Gasteiger partial charge on any atom is -0.450 e. The van der Waals surface area contributed by atoms with Gasteiger partial charge in [-0.3, -0.25) is 10.1 Å². The molecule has 0 radical (unpaired) electrons. The summed E-state index contributed by atoms with van der Waals surface area (Å²) in [6.45, 7) is 0. The number of nitro groups is 1. The quantitative estimate of drug-likeness (QED) is 0.361. The maximum Gasteiger partial charge on any atom is 0.339 e. The topological polar surface area (TPSA) is 69.4 Å². The third-order valence-corrected chi connectivity index (χ3v) is 1.71. The van der Waals surface area contributed by atoms with Crippen LogP contribution in [0.15, 0.2) is 24.3 Å². The number of rotatable bonds is 3. The van der Waals surface area contributed by atoms with Crippen molar-refractivity contribution in [2.45, 2.75) is 0 Å². The number of benzene rings is 1. The molecule has 74 valence electrons. The Kier molecular flexibility index (Phi) is 3.58. The number of carbonyl (C=O) groups is 1. The van der Waals surface area contributed by atoms with Gasteiger partial charge in [0.2, 0.25) is 0 Å². The summed E-state index contributed by atoms with van der Waals surface area (Å²) in [6, 6.07) is 5.37. The zero-order valence-corrected chi connectivity index (χ0v) is 8.56. The molecule has 0 fully saturated rings. The summed E-state index contributed by atoms with van der Waals surface area (Å²) >= 11 is 2.92. The smallest absolute Gasteiger partial charge is 0.339 e. The van der Waals surface area contributed by atoms with Crippen molar-refractivity contribution in [3.63, 3.8) is 0 Å². The monoisotopic (exact) mass is 259 g/mol. The van der Waals surface area contributed by atoms with Crippen LogP contribution in [0, 0.1) is 10.1 Å². The molecule has 0 aliphatic rings. The van der Waals surface area contributed by atoms with Crippen LogP contribution in [-0.2, 0) is 4.74 Å². The molecule has 0 aliphatic carbocycles. The number of hydrogen-bond donors (Lipinski definition) is 0. The summed E-state index contributed by atoms with van der Waals surface area (Å²) in [5, 5.41) is 10.4. The van der Waals surface area contributed by atoms with Crippen LogP contribution in [-0.4, -0.2) is 16.4 Å². The molecule has 0 atom stereocenters. The highest BCUT2D eigenvalue weighted by Crippen LogP contribution is 2.13. The highest BCUT2D eigenvalue weighted by Gasteiger charge is 2.11. The van der Waals surface area contributed by atoms with E-state index in [1.165, 1.54) is 24.3 Å². The number of nitro benzene ring substituents is 1. The molecule has 0 N–H and O–H groups in total. The van der Waals surface area contributed by atoms with Gasteiger partial charge in [-0.2, -0.15) is 0 Å². The standard InChI is InChI=1S/C8H6BrNO4/c9-5-14-8(11)6-2-1-3-7(4-6)10(12)13/h1-4H,5H2. The van der Waals surface area contributed by atoms with Gasteiger partial charge in [-0.25, -0.2) is 4.79 Å². The lowest BCUT2D eigenvalue weighted by molar-refractivity contribution is -0.384. The normalized spacial score (nSPS) is 9.50. The molecule has 1 aromatic carbocycles. The van der Waals surface area contributed by atoms with E-state index in [-0.39, 0.29) is 16.8 Å². The molecule has 14 heavy (non-hydrogen) atoms. The summed E-state index contributed by atoms with van der Waals surface area (Å²) in [5.74, 6) is -0.592. The Morgan fingerprint density at radius 2 is 2.29 bits per heavy atom. The van der Waals surface area contributed by atoms with Crippen LogP contribution < -0.4 is 0 Å². The van der Waals surface area contributed by atoms with Crippen LogP contribution in [0.1, 0.15) is 10.4 Å². The Hall–Kier alpha value is -1.43. The molecule has 1 rings (SSSR count). The van der Waals surface area contributed by atoms with E-state index in [1.807, 2.05) is 0 Å². The molecule has 0 bridgehead atoms. The highest BCUT2D eigenvalue weighted by molar-refractivity contribution is 9.09. The lowest BCUT2D eigenvalue weighted by atomic mass is 10.2. The average Bonchev–Trinajstić information content (AvgIpc) is 2.18. The number of non-ortho nitro benzene ring substituents is 1. The van der Waals surface area contributed by atoms with Crippen molar-refractivity contribution in [2.24, 2.45) is 0 Å². The van der Waals surface area contributed by atoms with E-state index in [9.17, 15) is 14.9 Å². The fraction of sp³-hybridized carbons (Fsp3) is 0.125. The van der Waals surface area contributed by atoms with E-state index in [0.717, 1.165) is 0 Å². The Labute approximate surface area is 88.0 Å². The molecule has 0 saturated heterocycles. The number of carbonyl (C=O) groups excluding carboxylic acids is 1. The largest absolute Gasteiger partial charge is 0.450 e. The second-order valence-corrected chi connectivity index (χ2v) is 2.81. The fourth-order valence-corrected chi connectivity index (χ4v) is 1.09. The third kappa shape index (κ3) is 2.53. The van der Waals surface area contributed by atoms with Crippen molar-refractivity contribution < 1.29 is 14.5 Å². The molecule has 0 aliphatic heterocycles. The molecule has 0 unspecified atom stereocenters. The maximum absolute atomic E-state index is 11.1. The summed E-state index contributed by atoms with van der Waals surface area (Å²) < 4.78 is 4.62. The minimum atomic E-state index is -0.592. The van der Waals surface area contributed by atoms with E-state index in [4.69, 9.17) is 0 Å². The summed E-state index contributed by atoms with van der Waals surface area (Å²) in [6.07, 6.45) is 0. The first-order valence-electron chi connectivity index (χ1n) is 3.62. The van der Waals surface area contributed by atoms with Gasteiger partial charge >= 0.3 is 5.97 Å². The molecule has 0 spiro atoms. The Morgan fingerprint density at radius 3 is 2.86 bits per heavy atom. The molecule has 6 heteroatoms. The molecular formula is C8H6BrNO4. The molecular weight excluding hydrogens is 254 g/mol. The van der Waals surface area contributed by atoms with E-state index in [0.29, 0.717) is 0 Å². The van der Waals surface area contributed by atoms with Crippen LogP contribution in [0.5, 0.6) is 0 Å². The number of ether oxygens (including phenoxy) is 1. The van der Waals surface area contributed by atoms with Gasteiger partial charge in [0.25, 0.3) is 5.69 Å². The van der Waals surface area contributed by atoms with Gasteiger partial charge in [0.05, 0.1) is 10.5 Å². The van der Waals surface area contributed by atoms with E-state index in [2.05, 4.69) is 20.7 Å². The van der Waals surface area contributed by atoms with Crippen molar-refractivity contribution in [2.75, 3.05) is 5.52 Å². The van der Waals surface area contributed by atoms with E-state index in [1.54, 1.807) is 0 Å². The van der Waals surface area contributed by atoms with Crippen molar-refractivity contribution in [1.82, 2.24) is 0 Å². The van der Waals surface area contributed by atoms with Gasteiger partial charge in [-0.15, -0.1) is 0 Å². The summed E-state index contributed by atoms with van der Waals surface area (Å²) in [4.78, 5) is 21.0. The summed E-state index contributed by atoms with van der Waals surface area (Å²) in [5.41, 5.74) is 0.0989. The third-order valence-electron chi connectivity index (χ3n) is 1.48. The van der Waals surface area contributed by atoms with Crippen LogP contribution in [0.4, 0.5) is 5.69 Å². The number of alkyl halides is 1. The Morgan fingerprint density at radius 1 is 1.57 bits per heavy atom. The Balaban J connectivity index is 2.93. The average molecular weight is 260 g/mol. The highest BCUT2D eigenvalue weighted by atomic mass is 79.9. The fourth-order valence-electron chi connectivity index (χ4n) is 0.879. The molecule has 0 amide bonds. The second kappa shape index (κ2) is 4.71. The van der Waals surface area contributed by atoms with Crippen molar-refractivity contribution in [3.05, 3.63) is 39.9 Å². The van der Waals surface area contributed by atoms with Crippen LogP contribution in [0.25, 0.3) is 0 Å². The van der Waals surface area contributed by atoms with Crippen LogP contribution in [0.3, 0.4) is 0 Å². The lowest BCUT2D eigenvalue weighted by Crippen LogP contribution is -2.03. The summed E-state index contributed by atoms with van der Waals surface area (Å²) in [7, 11) is 0. The first kappa shape index (κ1) is 10.6. The number of hydrogen-bond acceptors (Lipinski definition) is 4. The maximum atomic E-state index is 11.1. The zero-order valence-electron chi connectivity index (χ0n) is 6.97. The van der Waals surface area contributed by atoms with E-state index < -0.39 is 10.9 Å². The SMILES string of the molecule is O=C(OCBr)c1cccc([N+](=O)[O-])c1. The van der Waals surface area contributed by atoms with Crippen molar-refractivity contribution in [3.8, 4) is 0 Å². The first-order chi connectivity index (χ1) is 6.65. The predicted octanol–water partition coefficient (Wildman–Crippen LogP) is 2.10. The van der Waals surface area contributed by atoms with Crippen LogP contribution >= 0.6 is 15.9 Å². The van der Waals surface area contributed by atoms with Gasteiger partial charge < -0.3 is 4.74 Å². The van der Waals surface area contributed by atoms with Gasteiger partial charge in [0.1, 0.15) is 5.52 Å². The van der Waals surface area contributed by atoms with Gasteiger partial charge in [0, 0.05) is 12.1 Å². The number of halogens is 1. The molecule has 0 saturated carbocycles. The second-order valence-electron chi connectivity index (χ2n) is 2.35. The van der Waals surface area contributed by atoms with Crippen LogP contribution in [0.2, 0.25) is 0 Å².